The van der Waals surface area contributed by atoms with Gasteiger partial charge in [-0.1, -0.05) is 6.07 Å². The number of nitrogens with zero attached hydrogens (tertiary/aromatic N) is 2. The van der Waals surface area contributed by atoms with Crippen molar-refractivity contribution >= 4 is 16.9 Å². The molecule has 0 aromatic carbocycles. The Hall–Kier alpha value is -1.43. The van der Waals surface area contributed by atoms with Crippen molar-refractivity contribution in [1.29, 1.82) is 0 Å². The van der Waals surface area contributed by atoms with E-state index in [2.05, 4.69) is 4.98 Å². The highest BCUT2D eigenvalue weighted by Gasteiger charge is 2.28. The third-order valence-electron chi connectivity index (χ3n) is 3.43. The van der Waals surface area contributed by atoms with Crippen LogP contribution < -0.4 is 0 Å². The molecule has 122 valence electrons. The molecule has 6 heteroatoms. The Morgan fingerprint density at radius 1 is 1.45 bits per heavy atom. The van der Waals surface area contributed by atoms with E-state index in [-0.39, 0.29) is 12.0 Å². The van der Waals surface area contributed by atoms with Gasteiger partial charge in [-0.25, -0.2) is 9.78 Å². The quantitative estimate of drug-likeness (QED) is 0.858. The average Bonchev–Trinajstić information content (AvgIpc) is 2.46. The minimum atomic E-state index is -1.12. The highest BCUT2D eigenvalue weighted by atomic mass is 32.2. The fourth-order valence-electron chi connectivity index (χ4n) is 2.47. The normalized spacial score (nSPS) is 20.5. The summed E-state index contributed by atoms with van der Waals surface area (Å²) < 4.78 is 17.7. The standard InChI is InChI=1S/C16H24N2O3S/c1-16(2,3)21-15(19)18-10-6-7-13(11-18)12-22(20)14-8-4-5-9-17-14/h4-5,8-9,13H,6-7,10-12H2,1-3H3/t13-,22+/m0/s1. The topological polar surface area (TPSA) is 59.5 Å². The molecule has 0 N–H and O–H groups in total. The third kappa shape index (κ3) is 5.09. The Balaban J connectivity index is 1.91. The van der Waals surface area contributed by atoms with Crippen molar-refractivity contribution < 1.29 is 13.7 Å². The number of piperidine rings is 1. The van der Waals surface area contributed by atoms with E-state index < -0.39 is 16.4 Å². The Morgan fingerprint density at radius 2 is 2.23 bits per heavy atom. The molecule has 2 atom stereocenters. The number of pyridine rings is 1. The first kappa shape index (κ1) is 16.9. The van der Waals surface area contributed by atoms with Crippen LogP contribution in [0.4, 0.5) is 4.79 Å². The predicted octanol–water partition coefficient (Wildman–Crippen LogP) is 2.84. The van der Waals surface area contributed by atoms with E-state index in [4.69, 9.17) is 4.74 Å². The summed E-state index contributed by atoms with van der Waals surface area (Å²) in [7, 11) is -1.12. The zero-order valence-electron chi connectivity index (χ0n) is 13.4. The Labute approximate surface area is 134 Å². The molecule has 22 heavy (non-hydrogen) atoms. The van der Waals surface area contributed by atoms with Gasteiger partial charge in [0.25, 0.3) is 0 Å². The molecule has 5 nitrogen and oxygen atoms in total. The van der Waals surface area contributed by atoms with E-state index in [1.54, 1.807) is 17.2 Å². The summed E-state index contributed by atoms with van der Waals surface area (Å²) in [5.41, 5.74) is -0.485. The van der Waals surface area contributed by atoms with Gasteiger partial charge in [-0.05, 0) is 51.7 Å². The average molecular weight is 324 g/mol. The highest BCUT2D eigenvalue weighted by Crippen LogP contribution is 2.21. The van der Waals surface area contributed by atoms with E-state index in [0.29, 0.717) is 23.9 Å². The van der Waals surface area contributed by atoms with E-state index in [1.807, 2.05) is 32.9 Å². The van der Waals surface area contributed by atoms with E-state index in [1.165, 1.54) is 0 Å². The SMILES string of the molecule is CC(C)(C)OC(=O)N1CCC[C@H](C[S@@](=O)c2ccccn2)C1. The lowest BCUT2D eigenvalue weighted by Crippen LogP contribution is -2.44. The highest BCUT2D eigenvalue weighted by molar-refractivity contribution is 7.84. The predicted molar refractivity (Wildman–Crippen MR) is 86.0 cm³/mol. The van der Waals surface area contributed by atoms with Gasteiger partial charge in [0.15, 0.2) is 0 Å². The van der Waals surface area contributed by atoms with Gasteiger partial charge in [0.2, 0.25) is 0 Å². The summed E-state index contributed by atoms with van der Waals surface area (Å²) in [5.74, 6) is 0.764. The van der Waals surface area contributed by atoms with Gasteiger partial charge in [0.05, 0.1) is 10.8 Å². The maximum atomic E-state index is 12.3. The number of hydrogen-bond acceptors (Lipinski definition) is 4. The summed E-state index contributed by atoms with van der Waals surface area (Å²) in [6.07, 6.45) is 3.28. The van der Waals surface area contributed by atoms with Gasteiger partial charge in [-0.15, -0.1) is 0 Å². The van der Waals surface area contributed by atoms with Crippen LogP contribution in [0.15, 0.2) is 29.4 Å². The van der Waals surface area contributed by atoms with Crippen molar-refractivity contribution in [2.45, 2.75) is 44.2 Å². The van der Waals surface area contributed by atoms with Gasteiger partial charge in [-0.2, -0.15) is 0 Å². The smallest absolute Gasteiger partial charge is 0.410 e. The van der Waals surface area contributed by atoms with Crippen LogP contribution in [0.3, 0.4) is 0 Å². The second kappa shape index (κ2) is 7.22. The van der Waals surface area contributed by atoms with E-state index in [0.717, 1.165) is 12.8 Å². The summed E-state index contributed by atoms with van der Waals surface area (Å²) in [6, 6.07) is 5.43. The van der Waals surface area contributed by atoms with E-state index in [9.17, 15) is 9.00 Å². The van der Waals surface area contributed by atoms with Crippen LogP contribution in [-0.4, -0.2) is 44.6 Å². The third-order valence-corrected chi connectivity index (χ3v) is 4.91. The van der Waals surface area contributed by atoms with Gasteiger partial charge in [0, 0.05) is 25.0 Å². The first-order valence-electron chi connectivity index (χ1n) is 7.62. The number of carbonyl (C=O) groups is 1. The van der Waals surface area contributed by atoms with E-state index >= 15 is 0 Å². The maximum Gasteiger partial charge on any atom is 0.410 e. The minimum Gasteiger partial charge on any atom is -0.444 e. The van der Waals surface area contributed by atoms with Gasteiger partial charge in [0.1, 0.15) is 10.6 Å². The molecule has 2 heterocycles. The molecule has 0 saturated carbocycles. The molecule has 1 aliphatic heterocycles. The van der Waals surface area contributed by atoms with Crippen LogP contribution >= 0.6 is 0 Å². The van der Waals surface area contributed by atoms with Crippen molar-refractivity contribution in [3.63, 3.8) is 0 Å². The molecular weight excluding hydrogens is 300 g/mol. The molecule has 0 aliphatic carbocycles. The first-order valence-corrected chi connectivity index (χ1v) is 8.94. The molecule has 1 aromatic rings. The van der Waals surface area contributed by atoms with Crippen molar-refractivity contribution in [3.8, 4) is 0 Å². The number of carbonyl (C=O) groups excluding carboxylic acids is 1. The number of aromatic nitrogens is 1. The zero-order chi connectivity index (χ0) is 16.2. The molecule has 1 aliphatic rings. The van der Waals surface area contributed by atoms with Gasteiger partial charge in [-0.3, -0.25) is 4.21 Å². The molecule has 1 amide bonds. The number of hydrogen-bond donors (Lipinski definition) is 0. The summed E-state index contributed by atoms with van der Waals surface area (Å²) >= 11 is 0. The number of likely N-dealkylation sites (tertiary alicyclic amines) is 1. The monoisotopic (exact) mass is 324 g/mol. The number of ether oxygens (including phenoxy) is 1. The Morgan fingerprint density at radius 3 is 2.86 bits per heavy atom. The number of rotatable bonds is 3. The van der Waals surface area contributed by atoms with Crippen LogP contribution in [-0.2, 0) is 15.5 Å². The molecule has 1 saturated heterocycles. The van der Waals surface area contributed by atoms with Gasteiger partial charge < -0.3 is 9.64 Å². The second-order valence-electron chi connectivity index (χ2n) is 6.61. The molecule has 0 bridgehead atoms. The van der Waals surface area contributed by atoms with Crippen molar-refractivity contribution in [1.82, 2.24) is 9.88 Å². The largest absolute Gasteiger partial charge is 0.444 e. The van der Waals surface area contributed by atoms with Gasteiger partial charge >= 0.3 is 6.09 Å². The molecular formula is C16H24N2O3S. The Kier molecular flexibility index (Phi) is 5.56. The van der Waals surface area contributed by atoms with Crippen LogP contribution in [0.5, 0.6) is 0 Å². The van der Waals surface area contributed by atoms with Crippen molar-refractivity contribution in [3.05, 3.63) is 24.4 Å². The molecule has 1 aromatic heterocycles. The lowest BCUT2D eigenvalue weighted by atomic mass is 10.0. The van der Waals surface area contributed by atoms with Crippen LogP contribution in [0.1, 0.15) is 33.6 Å². The van der Waals surface area contributed by atoms with Crippen molar-refractivity contribution in [2.75, 3.05) is 18.8 Å². The minimum absolute atomic E-state index is 0.226. The summed E-state index contributed by atoms with van der Waals surface area (Å²) in [6.45, 7) is 6.91. The lowest BCUT2D eigenvalue weighted by Gasteiger charge is -2.33. The van der Waals surface area contributed by atoms with Crippen LogP contribution in [0, 0.1) is 5.92 Å². The molecule has 0 unspecified atom stereocenters. The van der Waals surface area contributed by atoms with Crippen LogP contribution in [0.2, 0.25) is 0 Å². The molecule has 2 rings (SSSR count). The summed E-state index contributed by atoms with van der Waals surface area (Å²) in [5, 5.41) is 0.608. The second-order valence-corrected chi connectivity index (χ2v) is 8.06. The fourth-order valence-corrected chi connectivity index (χ4v) is 3.75. The van der Waals surface area contributed by atoms with Crippen LogP contribution in [0.25, 0.3) is 0 Å². The molecule has 0 spiro atoms. The van der Waals surface area contributed by atoms with Crippen molar-refractivity contribution in [2.24, 2.45) is 5.92 Å². The maximum absolute atomic E-state index is 12.3. The zero-order valence-corrected chi connectivity index (χ0v) is 14.3. The number of amides is 1. The molecule has 1 fully saturated rings. The molecule has 0 radical (unpaired) electrons. The summed E-state index contributed by atoms with van der Waals surface area (Å²) in [4.78, 5) is 18.0. The Bertz CT molecular complexity index is 528. The lowest BCUT2D eigenvalue weighted by molar-refractivity contribution is 0.0176. The first-order chi connectivity index (χ1) is 10.3. The fraction of sp³-hybridized carbons (Fsp3) is 0.625.